The first-order valence-corrected chi connectivity index (χ1v) is 30.9. The predicted octanol–water partition coefficient (Wildman–Crippen LogP) is 19.0. The lowest BCUT2D eigenvalue weighted by Crippen LogP contribution is -2.04. The van der Waals surface area contributed by atoms with Crippen LogP contribution in [-0.4, -0.2) is 54.0 Å². The molecule has 5 aromatic heterocycles. The molecule has 12 nitrogen and oxygen atoms in total. The van der Waals surface area contributed by atoms with Crippen LogP contribution in [0.5, 0.6) is 0 Å². The second-order valence-electron chi connectivity index (χ2n) is 22.9. The highest BCUT2D eigenvalue weighted by Crippen LogP contribution is 2.44. The molecule has 0 fully saturated rings. The summed E-state index contributed by atoms with van der Waals surface area (Å²) in [5, 5.41) is 14.9. The summed E-state index contributed by atoms with van der Waals surface area (Å²) < 4.78 is 4.62. The summed E-state index contributed by atoms with van der Waals surface area (Å²) in [6, 6.07) is 105. The molecule has 0 amide bonds. The van der Waals surface area contributed by atoms with Crippen molar-refractivity contribution in [3.05, 3.63) is 309 Å². The smallest absolute Gasteiger partial charge is 0.164 e. The van der Waals surface area contributed by atoms with Crippen LogP contribution in [0.25, 0.3) is 169 Å². The molecule has 0 atom stereocenters. The Labute approximate surface area is 539 Å². The molecule has 438 valence electrons. The van der Waals surface area contributed by atoms with E-state index in [0.717, 1.165) is 116 Å². The van der Waals surface area contributed by atoms with E-state index in [-0.39, 0.29) is 0 Å². The standard InChI is InChI=1S/C82H50N12/c83-51-52-39-43-64(72(47-52)93-68-37-21-19-35-62(68)66-48-59(41-45-70(66)93)80-87-74(53-23-7-1-8-24-53)84-75(88-80)54-25-9-2-10-26-54)65-44-40-61(82-91-78(57-31-15-5-16-32-57)86-79(92-82)58-33-17-6-18-34-58)50-73(65)94-69-38-22-20-36-63(69)67-49-60(42-46-71(67)94)81-89-76(55-27-11-3-12-28-55)85-77(90-81)56-29-13-4-14-30-56/h1-50H. The molecule has 0 saturated carbocycles. The first-order valence-electron chi connectivity index (χ1n) is 30.9. The maximum atomic E-state index is 10.9. The molecule has 0 unspecified atom stereocenters. The van der Waals surface area contributed by atoms with Gasteiger partial charge in [0.15, 0.2) is 52.4 Å². The molecule has 0 aliphatic carbocycles. The molecule has 0 aliphatic heterocycles. The lowest BCUT2D eigenvalue weighted by Gasteiger charge is -2.20. The maximum Gasteiger partial charge on any atom is 0.164 e. The fraction of sp³-hybridized carbons (Fsp3) is 0. The third kappa shape index (κ3) is 9.95. The van der Waals surface area contributed by atoms with Gasteiger partial charge in [-0.3, -0.25) is 0 Å². The van der Waals surface area contributed by atoms with Crippen molar-refractivity contribution in [3.8, 4) is 131 Å². The monoisotopic (exact) mass is 1200 g/mol. The molecule has 0 radical (unpaired) electrons. The van der Waals surface area contributed by atoms with E-state index in [9.17, 15) is 5.26 Å². The Morgan fingerprint density at radius 2 is 0.468 bits per heavy atom. The highest BCUT2D eigenvalue weighted by Gasteiger charge is 2.25. The van der Waals surface area contributed by atoms with Crippen LogP contribution in [0.15, 0.2) is 303 Å². The number of para-hydroxylation sites is 2. The minimum atomic E-state index is 0.505. The molecule has 94 heavy (non-hydrogen) atoms. The number of hydrogen-bond donors (Lipinski definition) is 0. The number of hydrogen-bond acceptors (Lipinski definition) is 10. The Hall–Kier alpha value is -13.2. The highest BCUT2D eigenvalue weighted by molar-refractivity contribution is 6.13. The molecule has 17 aromatic rings. The van der Waals surface area contributed by atoms with Gasteiger partial charge in [0.2, 0.25) is 0 Å². The Kier molecular flexibility index (Phi) is 13.6. The molecule has 0 aliphatic rings. The van der Waals surface area contributed by atoms with Crippen molar-refractivity contribution in [2.24, 2.45) is 0 Å². The van der Waals surface area contributed by atoms with Crippen molar-refractivity contribution in [1.82, 2.24) is 54.0 Å². The third-order valence-corrected chi connectivity index (χ3v) is 17.1. The topological polar surface area (TPSA) is 150 Å². The van der Waals surface area contributed by atoms with Crippen LogP contribution < -0.4 is 0 Å². The summed E-state index contributed by atoms with van der Waals surface area (Å²) in [5.74, 6) is 5.03. The number of fused-ring (bicyclic) bond motifs is 6. The lowest BCUT2D eigenvalue weighted by atomic mass is 9.97. The van der Waals surface area contributed by atoms with E-state index in [1.54, 1.807) is 0 Å². The Bertz CT molecular complexity index is 5620. The fourth-order valence-electron chi connectivity index (χ4n) is 12.7. The molecule has 12 aromatic carbocycles. The Morgan fingerprint density at radius 1 is 0.213 bits per heavy atom. The molecule has 0 saturated heterocycles. The molecule has 0 spiro atoms. The van der Waals surface area contributed by atoms with E-state index in [0.29, 0.717) is 58.0 Å². The number of aromatic nitrogens is 11. The van der Waals surface area contributed by atoms with Crippen LogP contribution in [0.3, 0.4) is 0 Å². The van der Waals surface area contributed by atoms with E-state index in [4.69, 9.17) is 44.9 Å². The molecule has 0 N–H and O–H groups in total. The van der Waals surface area contributed by atoms with Crippen LogP contribution in [0.4, 0.5) is 0 Å². The van der Waals surface area contributed by atoms with Crippen LogP contribution >= 0.6 is 0 Å². The van der Waals surface area contributed by atoms with Crippen molar-refractivity contribution in [2.45, 2.75) is 0 Å². The second kappa shape index (κ2) is 23.3. The summed E-state index contributed by atoms with van der Waals surface area (Å²) in [5.41, 5.74) is 15.5. The van der Waals surface area contributed by atoms with Gasteiger partial charge in [-0.2, -0.15) is 5.26 Å². The van der Waals surface area contributed by atoms with E-state index in [2.05, 4.69) is 124 Å². The van der Waals surface area contributed by atoms with Gasteiger partial charge >= 0.3 is 0 Å². The Balaban J connectivity index is 0.896. The summed E-state index contributed by atoms with van der Waals surface area (Å²) in [6.07, 6.45) is 0. The third-order valence-electron chi connectivity index (χ3n) is 17.1. The van der Waals surface area contributed by atoms with Gasteiger partial charge in [-0.1, -0.05) is 237 Å². The second-order valence-corrected chi connectivity index (χ2v) is 22.9. The number of rotatable bonds is 12. The normalized spacial score (nSPS) is 11.4. The zero-order chi connectivity index (χ0) is 62.5. The lowest BCUT2D eigenvalue weighted by molar-refractivity contribution is 1.07. The average Bonchev–Trinajstić information content (AvgIpc) is 1.59. The summed E-state index contributed by atoms with van der Waals surface area (Å²) in [6.45, 7) is 0. The van der Waals surface area contributed by atoms with Gasteiger partial charge in [0.05, 0.1) is 45.1 Å². The number of nitriles is 1. The molecule has 12 heteroatoms. The summed E-state index contributed by atoms with van der Waals surface area (Å²) in [4.78, 5) is 46.2. The van der Waals surface area contributed by atoms with Gasteiger partial charge in [-0.25, -0.2) is 44.9 Å². The van der Waals surface area contributed by atoms with Gasteiger partial charge in [-0.05, 0) is 66.7 Å². The van der Waals surface area contributed by atoms with Gasteiger partial charge in [0, 0.05) is 82.7 Å². The van der Waals surface area contributed by atoms with Crippen LogP contribution in [0.1, 0.15) is 5.56 Å². The van der Waals surface area contributed by atoms with Gasteiger partial charge in [0.1, 0.15) is 0 Å². The van der Waals surface area contributed by atoms with Gasteiger partial charge in [-0.15, -0.1) is 0 Å². The van der Waals surface area contributed by atoms with E-state index < -0.39 is 0 Å². The summed E-state index contributed by atoms with van der Waals surface area (Å²) >= 11 is 0. The van der Waals surface area contributed by atoms with E-state index in [1.165, 1.54) is 0 Å². The van der Waals surface area contributed by atoms with Crippen molar-refractivity contribution in [1.29, 1.82) is 5.26 Å². The molecular formula is C82H50N12. The number of benzene rings is 12. The molecular weight excluding hydrogens is 1150 g/mol. The molecule has 5 heterocycles. The van der Waals surface area contributed by atoms with Gasteiger partial charge in [0.25, 0.3) is 0 Å². The SMILES string of the molecule is N#Cc1ccc(-c2ccc(-c3nc(-c4ccccc4)nc(-c4ccccc4)n3)cc2-n2c3ccccc3c3cc(-c4nc(-c5ccccc5)nc(-c5ccccc5)n4)ccc32)c(-n2c3ccccc3c3cc(-c4nc(-c5ccccc5)nc(-c5ccccc5)n4)ccc32)c1. The van der Waals surface area contributed by atoms with E-state index in [1.807, 2.05) is 194 Å². The largest absolute Gasteiger partial charge is 0.309 e. The minimum absolute atomic E-state index is 0.505. The Morgan fingerprint density at radius 3 is 0.798 bits per heavy atom. The van der Waals surface area contributed by atoms with Crippen molar-refractivity contribution < 1.29 is 0 Å². The molecule has 17 rings (SSSR count). The number of nitrogens with zero attached hydrogens (tertiary/aromatic N) is 12. The van der Waals surface area contributed by atoms with Crippen LogP contribution in [0, 0.1) is 11.3 Å². The maximum absolute atomic E-state index is 10.9. The first kappa shape index (κ1) is 54.9. The quantitative estimate of drug-likeness (QED) is 0.116. The van der Waals surface area contributed by atoms with Crippen LogP contribution in [0.2, 0.25) is 0 Å². The highest BCUT2D eigenvalue weighted by atomic mass is 15.1. The predicted molar refractivity (Wildman–Crippen MR) is 374 cm³/mol. The summed E-state index contributed by atoms with van der Waals surface area (Å²) in [7, 11) is 0. The zero-order valence-electron chi connectivity index (χ0n) is 50.2. The zero-order valence-corrected chi connectivity index (χ0v) is 50.2. The van der Waals surface area contributed by atoms with Crippen molar-refractivity contribution >= 4 is 43.6 Å². The fourth-order valence-corrected chi connectivity index (χ4v) is 12.7. The van der Waals surface area contributed by atoms with E-state index >= 15 is 0 Å². The first-order chi connectivity index (χ1) is 46.5. The van der Waals surface area contributed by atoms with Gasteiger partial charge < -0.3 is 9.13 Å². The van der Waals surface area contributed by atoms with Crippen molar-refractivity contribution in [2.75, 3.05) is 0 Å². The van der Waals surface area contributed by atoms with Crippen molar-refractivity contribution in [3.63, 3.8) is 0 Å². The minimum Gasteiger partial charge on any atom is -0.309 e. The molecule has 0 bridgehead atoms. The average molecular weight is 1200 g/mol. The van der Waals surface area contributed by atoms with Crippen LogP contribution in [-0.2, 0) is 0 Å².